The van der Waals surface area contributed by atoms with E-state index in [4.69, 9.17) is 0 Å². The predicted octanol–water partition coefficient (Wildman–Crippen LogP) is 1.53. The van der Waals surface area contributed by atoms with E-state index in [1.54, 1.807) is 0 Å². The van der Waals surface area contributed by atoms with Crippen LogP contribution in [0.15, 0.2) is 33.0 Å². The van der Waals surface area contributed by atoms with Crippen LogP contribution in [0.1, 0.15) is 0 Å². The van der Waals surface area contributed by atoms with Crippen LogP contribution in [0.25, 0.3) is 0 Å². The monoisotopic (exact) mass is 381 g/mol. The first-order chi connectivity index (χ1) is 7.99. The molecule has 0 unspecified atom stereocenters. The number of sulfonamides is 1. The number of aromatic amines is 1. The maximum Gasteiger partial charge on any atom is 0.280 e. The van der Waals surface area contributed by atoms with Gasteiger partial charge in [-0.05, 0) is 31.9 Å². The van der Waals surface area contributed by atoms with Gasteiger partial charge in [0.25, 0.3) is 10.0 Å². The standard InChI is InChI=1S/C7H5Br2N5O2S/c8-4-1-11-7(6(9)13-4)14-17(15,16)5-2-10-3-12-5/h1-3H,(H,10,12)(H,11,14). The molecule has 0 aromatic carbocycles. The Labute approximate surface area is 113 Å². The first-order valence-corrected chi connectivity index (χ1v) is 7.25. The molecule has 2 heterocycles. The summed E-state index contributed by atoms with van der Waals surface area (Å²) in [6, 6.07) is 0. The molecule has 0 spiro atoms. The minimum absolute atomic E-state index is 0.0471. The number of imidazole rings is 1. The van der Waals surface area contributed by atoms with Crippen LogP contribution in [0.5, 0.6) is 0 Å². The molecule has 0 aliphatic heterocycles. The van der Waals surface area contributed by atoms with Crippen molar-refractivity contribution in [3.8, 4) is 0 Å². The quantitative estimate of drug-likeness (QED) is 0.838. The zero-order valence-corrected chi connectivity index (χ0v) is 12.0. The van der Waals surface area contributed by atoms with Gasteiger partial charge in [0, 0.05) is 0 Å². The number of hydrogen-bond donors (Lipinski definition) is 2. The van der Waals surface area contributed by atoms with E-state index in [0.717, 1.165) is 0 Å². The van der Waals surface area contributed by atoms with E-state index in [2.05, 4.69) is 56.5 Å². The van der Waals surface area contributed by atoms with Crippen LogP contribution >= 0.6 is 31.9 Å². The van der Waals surface area contributed by atoms with Crippen molar-refractivity contribution in [1.29, 1.82) is 0 Å². The van der Waals surface area contributed by atoms with Gasteiger partial charge in [0.2, 0.25) is 0 Å². The molecule has 0 saturated carbocycles. The van der Waals surface area contributed by atoms with Crippen molar-refractivity contribution in [3.63, 3.8) is 0 Å². The lowest BCUT2D eigenvalue weighted by atomic mass is 10.7. The smallest absolute Gasteiger partial charge is 0.280 e. The summed E-state index contributed by atoms with van der Waals surface area (Å²) < 4.78 is 26.7. The number of aromatic nitrogens is 4. The average molecular weight is 383 g/mol. The molecule has 0 atom stereocenters. The zero-order chi connectivity index (χ0) is 12.5. The summed E-state index contributed by atoms with van der Waals surface area (Å²) >= 11 is 6.22. The van der Waals surface area contributed by atoms with Crippen molar-refractivity contribution in [3.05, 3.63) is 27.9 Å². The van der Waals surface area contributed by atoms with Crippen LogP contribution in [0.2, 0.25) is 0 Å². The van der Waals surface area contributed by atoms with Gasteiger partial charge in [-0.1, -0.05) is 0 Å². The van der Waals surface area contributed by atoms with Gasteiger partial charge in [-0.15, -0.1) is 0 Å². The van der Waals surface area contributed by atoms with Crippen LogP contribution in [0.4, 0.5) is 5.82 Å². The van der Waals surface area contributed by atoms with Gasteiger partial charge in [0.05, 0.1) is 18.7 Å². The molecule has 2 aromatic rings. The summed E-state index contributed by atoms with van der Waals surface area (Å²) in [6.07, 6.45) is 3.86. The fourth-order valence-electron chi connectivity index (χ4n) is 0.987. The summed E-state index contributed by atoms with van der Waals surface area (Å²) in [5.41, 5.74) is 0. The Morgan fingerprint density at radius 3 is 2.65 bits per heavy atom. The Balaban J connectivity index is 2.33. The third kappa shape index (κ3) is 2.82. The van der Waals surface area contributed by atoms with Gasteiger partial charge in [0.15, 0.2) is 15.4 Å². The molecule has 7 nitrogen and oxygen atoms in total. The highest BCUT2D eigenvalue weighted by Crippen LogP contribution is 2.21. The molecule has 0 aliphatic rings. The normalized spacial score (nSPS) is 11.4. The van der Waals surface area contributed by atoms with Crippen LogP contribution in [0.3, 0.4) is 0 Å². The Hall–Kier alpha value is -1.00. The third-order valence-electron chi connectivity index (χ3n) is 1.69. The molecule has 0 fully saturated rings. The van der Waals surface area contributed by atoms with Crippen molar-refractivity contribution < 1.29 is 8.42 Å². The molecule has 17 heavy (non-hydrogen) atoms. The maximum atomic E-state index is 11.8. The number of halogens is 2. The molecule has 2 rings (SSSR count). The van der Waals surface area contributed by atoms with Gasteiger partial charge >= 0.3 is 0 Å². The predicted molar refractivity (Wildman–Crippen MR) is 66.8 cm³/mol. The van der Waals surface area contributed by atoms with Crippen molar-refractivity contribution in [1.82, 2.24) is 19.9 Å². The van der Waals surface area contributed by atoms with Gasteiger partial charge in [0.1, 0.15) is 4.60 Å². The van der Waals surface area contributed by atoms with Gasteiger partial charge in [-0.25, -0.2) is 15.0 Å². The molecule has 0 radical (unpaired) electrons. The van der Waals surface area contributed by atoms with E-state index < -0.39 is 10.0 Å². The molecule has 10 heteroatoms. The first-order valence-electron chi connectivity index (χ1n) is 4.18. The summed E-state index contributed by atoms with van der Waals surface area (Å²) in [5, 5.41) is -0.0471. The second-order valence-electron chi connectivity index (χ2n) is 2.85. The topological polar surface area (TPSA) is 101 Å². The molecule has 0 aliphatic carbocycles. The maximum absolute atomic E-state index is 11.8. The van der Waals surface area contributed by atoms with E-state index >= 15 is 0 Å². The van der Waals surface area contributed by atoms with E-state index in [9.17, 15) is 8.42 Å². The number of hydrogen-bond acceptors (Lipinski definition) is 5. The Morgan fingerprint density at radius 2 is 2.06 bits per heavy atom. The lowest BCUT2D eigenvalue weighted by Crippen LogP contribution is -2.15. The molecule has 2 N–H and O–H groups in total. The molecule has 0 saturated heterocycles. The van der Waals surface area contributed by atoms with Crippen LogP contribution in [-0.4, -0.2) is 28.4 Å². The largest absolute Gasteiger partial charge is 0.334 e. The van der Waals surface area contributed by atoms with Crippen molar-refractivity contribution in [2.45, 2.75) is 5.03 Å². The third-order valence-corrected chi connectivity index (χ3v) is 3.89. The fraction of sp³-hybridized carbons (Fsp3) is 0. The number of H-pyrrole nitrogens is 1. The highest BCUT2D eigenvalue weighted by Gasteiger charge is 2.18. The highest BCUT2D eigenvalue weighted by atomic mass is 79.9. The first kappa shape index (κ1) is 12.5. The Kier molecular flexibility index (Phi) is 3.45. The molecule has 0 bridgehead atoms. The zero-order valence-electron chi connectivity index (χ0n) is 8.05. The van der Waals surface area contributed by atoms with Gasteiger partial charge < -0.3 is 4.98 Å². The average Bonchev–Trinajstić information content (AvgIpc) is 2.76. The van der Waals surface area contributed by atoms with Crippen molar-refractivity contribution >= 4 is 47.7 Å². The lowest BCUT2D eigenvalue weighted by Gasteiger charge is -2.06. The molecular formula is C7H5Br2N5O2S. The summed E-state index contributed by atoms with van der Waals surface area (Å²) in [6.45, 7) is 0. The summed E-state index contributed by atoms with van der Waals surface area (Å²) in [5.74, 6) is 0.0998. The van der Waals surface area contributed by atoms with E-state index in [1.807, 2.05) is 0 Å². The molecule has 90 valence electrons. The lowest BCUT2D eigenvalue weighted by molar-refractivity contribution is 0.598. The van der Waals surface area contributed by atoms with Crippen molar-refractivity contribution in [2.75, 3.05) is 4.72 Å². The number of anilines is 1. The number of nitrogens with zero attached hydrogens (tertiary/aromatic N) is 3. The van der Waals surface area contributed by atoms with Crippen LogP contribution in [-0.2, 0) is 10.0 Å². The van der Waals surface area contributed by atoms with Crippen LogP contribution in [0, 0.1) is 0 Å². The number of rotatable bonds is 3. The SMILES string of the molecule is O=S(=O)(Nc1ncc(Br)nc1Br)c1cnc[nH]1. The second kappa shape index (κ2) is 4.70. The second-order valence-corrected chi connectivity index (χ2v) is 6.07. The number of nitrogens with one attached hydrogen (secondary N) is 2. The Morgan fingerprint density at radius 1 is 1.29 bits per heavy atom. The highest BCUT2D eigenvalue weighted by molar-refractivity contribution is 9.11. The molecular weight excluding hydrogens is 378 g/mol. The summed E-state index contributed by atoms with van der Waals surface area (Å²) in [7, 11) is -3.72. The van der Waals surface area contributed by atoms with Gasteiger partial charge in [-0.2, -0.15) is 8.42 Å². The molecule has 2 aromatic heterocycles. The fourth-order valence-corrected chi connectivity index (χ4v) is 2.95. The van der Waals surface area contributed by atoms with E-state index in [1.165, 1.54) is 18.7 Å². The van der Waals surface area contributed by atoms with E-state index in [-0.39, 0.29) is 15.4 Å². The summed E-state index contributed by atoms with van der Waals surface area (Å²) in [4.78, 5) is 14.0. The Bertz CT molecular complexity index is 628. The minimum atomic E-state index is -3.72. The van der Waals surface area contributed by atoms with Crippen molar-refractivity contribution in [2.24, 2.45) is 0 Å². The molecule has 0 amide bonds. The van der Waals surface area contributed by atoms with E-state index in [0.29, 0.717) is 4.60 Å². The van der Waals surface area contributed by atoms with Crippen LogP contribution < -0.4 is 4.72 Å². The minimum Gasteiger partial charge on any atom is -0.334 e. The van der Waals surface area contributed by atoms with Gasteiger partial charge in [-0.3, -0.25) is 4.72 Å².